The number of esters is 1. The van der Waals surface area contributed by atoms with Crippen molar-refractivity contribution in [2.75, 3.05) is 7.11 Å². The Hall–Kier alpha value is -2.74. The van der Waals surface area contributed by atoms with Gasteiger partial charge >= 0.3 is 5.97 Å². The lowest BCUT2D eigenvalue weighted by Gasteiger charge is -2.04. The maximum Gasteiger partial charge on any atom is 0.339 e. The van der Waals surface area contributed by atoms with Crippen molar-refractivity contribution in [3.8, 4) is 17.1 Å². The zero-order valence-corrected chi connectivity index (χ0v) is 14.6. The van der Waals surface area contributed by atoms with Crippen molar-refractivity contribution in [1.29, 1.82) is 0 Å². The number of rotatable bonds is 5. The van der Waals surface area contributed by atoms with Gasteiger partial charge in [-0.05, 0) is 46.3 Å². The van der Waals surface area contributed by atoms with Crippen molar-refractivity contribution >= 4 is 21.9 Å². The van der Waals surface area contributed by atoms with Gasteiger partial charge in [-0.2, -0.15) is 4.98 Å². The van der Waals surface area contributed by atoms with Gasteiger partial charge < -0.3 is 14.0 Å². The third-order valence-corrected chi connectivity index (χ3v) is 3.95. The Bertz CT molecular complexity index is 913. The highest BCUT2D eigenvalue weighted by molar-refractivity contribution is 9.10. The predicted molar refractivity (Wildman–Crippen MR) is 89.5 cm³/mol. The molecule has 8 heteroatoms. The van der Waals surface area contributed by atoms with Crippen LogP contribution in [0.5, 0.6) is 5.75 Å². The third kappa shape index (κ3) is 3.85. The molecule has 6 nitrogen and oxygen atoms in total. The molecular formula is C17H12BrFN2O4. The molecule has 0 aliphatic carbocycles. The lowest BCUT2D eigenvalue weighted by molar-refractivity contribution is 0.0428. The van der Waals surface area contributed by atoms with E-state index in [1.807, 2.05) is 12.1 Å². The Morgan fingerprint density at radius 3 is 2.84 bits per heavy atom. The summed E-state index contributed by atoms with van der Waals surface area (Å²) < 4.78 is 28.8. The Labute approximate surface area is 150 Å². The number of benzene rings is 2. The number of para-hydroxylation sites is 1. The SMILES string of the molecule is COc1ccccc1-c1noc(COC(=O)c2ccc(F)cc2Br)n1. The molecule has 3 aromatic rings. The number of hydrogen-bond acceptors (Lipinski definition) is 6. The van der Waals surface area contributed by atoms with E-state index in [4.69, 9.17) is 14.0 Å². The molecule has 0 atom stereocenters. The molecule has 3 rings (SSSR count). The van der Waals surface area contributed by atoms with Crippen molar-refractivity contribution in [2.24, 2.45) is 0 Å². The van der Waals surface area contributed by atoms with Crippen LogP contribution in [0.25, 0.3) is 11.4 Å². The molecule has 0 amide bonds. The molecule has 25 heavy (non-hydrogen) atoms. The molecule has 0 saturated heterocycles. The van der Waals surface area contributed by atoms with Crippen LogP contribution in [0.15, 0.2) is 51.5 Å². The number of ether oxygens (including phenoxy) is 2. The van der Waals surface area contributed by atoms with Gasteiger partial charge in [-0.15, -0.1) is 0 Å². The molecule has 0 spiro atoms. The maximum atomic E-state index is 13.1. The lowest BCUT2D eigenvalue weighted by atomic mass is 10.2. The van der Waals surface area contributed by atoms with Crippen LogP contribution in [-0.2, 0) is 11.3 Å². The number of hydrogen-bond donors (Lipinski definition) is 0. The quantitative estimate of drug-likeness (QED) is 0.596. The minimum atomic E-state index is -0.635. The minimum Gasteiger partial charge on any atom is -0.496 e. The number of carbonyl (C=O) groups is 1. The second-order valence-corrected chi connectivity index (χ2v) is 5.77. The standard InChI is InChI=1S/C17H12BrFN2O4/c1-23-14-5-3-2-4-12(14)16-20-15(25-21-16)9-24-17(22)11-7-6-10(19)8-13(11)18/h2-8H,9H2,1H3. The second-order valence-electron chi connectivity index (χ2n) is 4.91. The van der Waals surface area contributed by atoms with Gasteiger partial charge in [-0.25, -0.2) is 9.18 Å². The first-order chi connectivity index (χ1) is 12.1. The monoisotopic (exact) mass is 406 g/mol. The smallest absolute Gasteiger partial charge is 0.339 e. The van der Waals surface area contributed by atoms with E-state index in [1.54, 1.807) is 19.2 Å². The van der Waals surface area contributed by atoms with Crippen LogP contribution in [0.3, 0.4) is 0 Å². The maximum absolute atomic E-state index is 13.1. The first-order valence-electron chi connectivity index (χ1n) is 7.16. The van der Waals surface area contributed by atoms with Crippen LogP contribution in [-0.4, -0.2) is 23.2 Å². The Morgan fingerprint density at radius 1 is 1.28 bits per heavy atom. The first kappa shape index (κ1) is 17.1. The number of carbonyl (C=O) groups excluding carboxylic acids is 1. The summed E-state index contributed by atoms with van der Waals surface area (Å²) in [7, 11) is 1.54. The highest BCUT2D eigenvalue weighted by Crippen LogP contribution is 2.27. The first-order valence-corrected chi connectivity index (χ1v) is 7.96. The summed E-state index contributed by atoms with van der Waals surface area (Å²) in [5, 5.41) is 3.86. The van der Waals surface area contributed by atoms with E-state index in [-0.39, 0.29) is 18.1 Å². The molecule has 0 radical (unpaired) electrons. The van der Waals surface area contributed by atoms with Crippen molar-refractivity contribution in [3.05, 3.63) is 64.2 Å². The van der Waals surface area contributed by atoms with Gasteiger partial charge in [0.05, 0.1) is 18.2 Å². The third-order valence-electron chi connectivity index (χ3n) is 3.29. The van der Waals surface area contributed by atoms with Gasteiger partial charge in [-0.1, -0.05) is 17.3 Å². The molecule has 128 valence electrons. The van der Waals surface area contributed by atoms with Gasteiger partial charge in [0.2, 0.25) is 5.82 Å². The van der Waals surface area contributed by atoms with E-state index in [9.17, 15) is 9.18 Å². The summed E-state index contributed by atoms with van der Waals surface area (Å²) >= 11 is 3.12. The van der Waals surface area contributed by atoms with E-state index in [0.717, 1.165) is 0 Å². The number of methoxy groups -OCH3 is 1. The molecule has 2 aromatic carbocycles. The molecule has 0 N–H and O–H groups in total. The van der Waals surface area contributed by atoms with Crippen LogP contribution in [0, 0.1) is 5.82 Å². The van der Waals surface area contributed by atoms with Gasteiger partial charge in [0.1, 0.15) is 11.6 Å². The van der Waals surface area contributed by atoms with Gasteiger partial charge in [0, 0.05) is 4.47 Å². The fourth-order valence-electron chi connectivity index (χ4n) is 2.11. The number of nitrogens with zero attached hydrogens (tertiary/aromatic N) is 2. The zero-order valence-electron chi connectivity index (χ0n) is 13.0. The fraction of sp³-hybridized carbons (Fsp3) is 0.118. The van der Waals surface area contributed by atoms with Gasteiger partial charge in [-0.3, -0.25) is 0 Å². The summed E-state index contributed by atoms with van der Waals surface area (Å²) in [5.41, 5.74) is 0.860. The fourth-order valence-corrected chi connectivity index (χ4v) is 2.63. The van der Waals surface area contributed by atoms with E-state index in [0.29, 0.717) is 21.6 Å². The molecule has 1 aromatic heterocycles. The van der Waals surface area contributed by atoms with E-state index < -0.39 is 11.8 Å². The summed E-state index contributed by atoms with van der Waals surface area (Å²) in [5.74, 6) is -0.0354. The molecule has 0 aliphatic heterocycles. The molecule has 0 aliphatic rings. The van der Waals surface area contributed by atoms with Crippen LogP contribution in [0.2, 0.25) is 0 Å². The Kier molecular flexibility index (Phi) is 5.08. The molecule has 0 fully saturated rings. The molecule has 1 heterocycles. The van der Waals surface area contributed by atoms with Crippen molar-refractivity contribution in [1.82, 2.24) is 10.1 Å². The predicted octanol–water partition coefficient (Wildman–Crippen LogP) is 4.00. The second kappa shape index (κ2) is 7.43. The van der Waals surface area contributed by atoms with E-state index in [1.165, 1.54) is 18.2 Å². The summed E-state index contributed by atoms with van der Waals surface area (Å²) in [4.78, 5) is 16.2. The van der Waals surface area contributed by atoms with Crippen molar-refractivity contribution in [3.63, 3.8) is 0 Å². The molecule has 0 bridgehead atoms. The lowest BCUT2D eigenvalue weighted by Crippen LogP contribution is -2.06. The van der Waals surface area contributed by atoms with Crippen LogP contribution in [0.4, 0.5) is 4.39 Å². The minimum absolute atomic E-state index is 0.132. The number of halogens is 2. The van der Waals surface area contributed by atoms with E-state index >= 15 is 0 Å². The highest BCUT2D eigenvalue weighted by atomic mass is 79.9. The van der Waals surface area contributed by atoms with Gasteiger partial charge in [0.25, 0.3) is 5.89 Å². The van der Waals surface area contributed by atoms with Gasteiger partial charge in [0.15, 0.2) is 6.61 Å². The summed E-state index contributed by atoms with van der Waals surface area (Å²) in [6.07, 6.45) is 0. The van der Waals surface area contributed by atoms with Crippen molar-refractivity contribution < 1.29 is 23.2 Å². The highest BCUT2D eigenvalue weighted by Gasteiger charge is 2.16. The normalized spacial score (nSPS) is 10.5. The summed E-state index contributed by atoms with van der Waals surface area (Å²) in [6, 6.07) is 10.9. The number of aromatic nitrogens is 2. The van der Waals surface area contributed by atoms with Crippen LogP contribution in [0.1, 0.15) is 16.2 Å². The van der Waals surface area contributed by atoms with Crippen LogP contribution < -0.4 is 4.74 Å². The molecule has 0 unspecified atom stereocenters. The summed E-state index contributed by atoms with van der Waals surface area (Å²) in [6.45, 7) is -0.204. The molecule has 0 saturated carbocycles. The van der Waals surface area contributed by atoms with Crippen LogP contribution >= 0.6 is 15.9 Å². The average molecular weight is 407 g/mol. The Balaban J connectivity index is 1.70. The molecular weight excluding hydrogens is 395 g/mol. The topological polar surface area (TPSA) is 74.5 Å². The average Bonchev–Trinajstić information content (AvgIpc) is 3.08. The van der Waals surface area contributed by atoms with E-state index in [2.05, 4.69) is 26.1 Å². The largest absolute Gasteiger partial charge is 0.496 e. The zero-order chi connectivity index (χ0) is 17.8. The van der Waals surface area contributed by atoms with Crippen molar-refractivity contribution in [2.45, 2.75) is 6.61 Å². The Morgan fingerprint density at radius 2 is 2.08 bits per heavy atom.